The molecular formula is C21H14Cl2N4O. The summed E-state index contributed by atoms with van der Waals surface area (Å²) in [6, 6.07) is 15.0. The van der Waals surface area contributed by atoms with Crippen molar-refractivity contribution in [2.75, 3.05) is 0 Å². The largest absolute Gasteiger partial charge is 0.294 e. The van der Waals surface area contributed by atoms with Crippen LogP contribution in [0.1, 0.15) is 34.0 Å². The number of carbonyl (C=O) groups excluding carboxylic acids is 1. The number of rotatable bonds is 2. The summed E-state index contributed by atoms with van der Waals surface area (Å²) in [5.41, 5.74) is 3.26. The fourth-order valence-electron chi connectivity index (χ4n) is 3.60. The zero-order valence-corrected chi connectivity index (χ0v) is 16.2. The Hall–Kier alpha value is -2.76. The summed E-state index contributed by atoms with van der Waals surface area (Å²) in [7, 11) is 0. The molecule has 0 spiro atoms. The second-order valence-electron chi connectivity index (χ2n) is 6.87. The molecule has 0 fully saturated rings. The van der Waals surface area contributed by atoms with E-state index in [1.165, 1.54) is 0 Å². The number of nitrogens with zero attached hydrogens (tertiary/aromatic N) is 4. The van der Waals surface area contributed by atoms with Crippen molar-refractivity contribution in [1.82, 2.24) is 19.6 Å². The van der Waals surface area contributed by atoms with Crippen LogP contribution in [0, 0.1) is 0 Å². The second-order valence-corrected chi connectivity index (χ2v) is 7.74. The summed E-state index contributed by atoms with van der Waals surface area (Å²) >= 11 is 12.1. The Kier molecular flexibility index (Phi) is 4.14. The third kappa shape index (κ3) is 3.07. The Morgan fingerprint density at radius 1 is 0.964 bits per heavy atom. The third-order valence-electron chi connectivity index (χ3n) is 5.00. The summed E-state index contributed by atoms with van der Waals surface area (Å²) in [5.74, 6) is 1.14. The molecule has 2 heterocycles. The summed E-state index contributed by atoms with van der Waals surface area (Å²) in [6.45, 7) is 0. The predicted molar refractivity (Wildman–Crippen MR) is 108 cm³/mol. The Labute approximate surface area is 171 Å². The molecule has 0 saturated carbocycles. The van der Waals surface area contributed by atoms with Crippen LogP contribution in [0.5, 0.6) is 0 Å². The van der Waals surface area contributed by atoms with Gasteiger partial charge in [0, 0.05) is 28.2 Å². The average molecular weight is 409 g/mol. The van der Waals surface area contributed by atoms with Crippen LogP contribution in [0.4, 0.5) is 0 Å². The molecule has 0 aliphatic heterocycles. The molecule has 2 aromatic carbocycles. The molecule has 0 radical (unpaired) electrons. The van der Waals surface area contributed by atoms with Crippen LogP contribution in [-0.2, 0) is 6.42 Å². The van der Waals surface area contributed by atoms with E-state index in [9.17, 15) is 4.79 Å². The van der Waals surface area contributed by atoms with Crippen molar-refractivity contribution >= 4 is 34.8 Å². The van der Waals surface area contributed by atoms with E-state index in [1.807, 2.05) is 36.4 Å². The van der Waals surface area contributed by atoms with Crippen LogP contribution in [0.15, 0.2) is 54.7 Å². The normalized spacial score (nSPS) is 16.4. The lowest BCUT2D eigenvalue weighted by Crippen LogP contribution is -2.21. The highest BCUT2D eigenvalue weighted by atomic mass is 35.5. The van der Waals surface area contributed by atoms with Crippen LogP contribution >= 0.6 is 23.2 Å². The smallest absolute Gasteiger partial charge is 0.252 e. The molecule has 5 rings (SSSR count). The van der Waals surface area contributed by atoms with E-state index in [0.29, 0.717) is 40.1 Å². The number of hydrogen-bond acceptors (Lipinski definition) is 4. The molecule has 138 valence electrons. The molecule has 7 heteroatoms. The number of benzene rings is 2. The summed E-state index contributed by atoms with van der Waals surface area (Å²) in [4.78, 5) is 21.9. The van der Waals surface area contributed by atoms with E-state index in [0.717, 1.165) is 16.8 Å². The molecule has 1 aliphatic rings. The Morgan fingerprint density at radius 3 is 2.57 bits per heavy atom. The Balaban J connectivity index is 1.55. The van der Waals surface area contributed by atoms with Crippen molar-refractivity contribution in [2.45, 2.75) is 18.8 Å². The van der Waals surface area contributed by atoms with Crippen molar-refractivity contribution in [2.24, 2.45) is 0 Å². The monoisotopic (exact) mass is 408 g/mol. The molecule has 28 heavy (non-hydrogen) atoms. The van der Waals surface area contributed by atoms with Gasteiger partial charge in [-0.25, -0.2) is 9.50 Å². The number of carbonyl (C=O) groups is 1. The second kappa shape index (κ2) is 6.69. The SMILES string of the molecule is O=C1C[C@H](c2cccc(Cl)c2)Cc2nc3nc(-c4ccc(Cl)cc4)nn3cc21. The maximum absolute atomic E-state index is 12.8. The van der Waals surface area contributed by atoms with Gasteiger partial charge in [0.05, 0.1) is 11.3 Å². The lowest BCUT2D eigenvalue weighted by molar-refractivity contribution is 0.0962. The lowest BCUT2D eigenvalue weighted by atomic mass is 9.82. The topological polar surface area (TPSA) is 60.2 Å². The van der Waals surface area contributed by atoms with Crippen molar-refractivity contribution < 1.29 is 4.79 Å². The Bertz CT molecular complexity index is 1220. The number of fused-ring (bicyclic) bond motifs is 2. The van der Waals surface area contributed by atoms with Crippen molar-refractivity contribution in [1.29, 1.82) is 0 Å². The van der Waals surface area contributed by atoms with Crippen molar-refractivity contribution in [3.05, 3.63) is 81.6 Å². The van der Waals surface area contributed by atoms with E-state index >= 15 is 0 Å². The van der Waals surface area contributed by atoms with E-state index in [2.05, 4.69) is 15.1 Å². The lowest BCUT2D eigenvalue weighted by Gasteiger charge is -2.23. The van der Waals surface area contributed by atoms with Gasteiger partial charge < -0.3 is 0 Å². The molecule has 1 atom stereocenters. The summed E-state index contributed by atoms with van der Waals surface area (Å²) in [6.07, 6.45) is 2.83. The third-order valence-corrected chi connectivity index (χ3v) is 5.49. The van der Waals surface area contributed by atoms with Gasteiger partial charge in [0.15, 0.2) is 11.6 Å². The predicted octanol–water partition coefficient (Wildman–Crippen LogP) is 5.01. The molecule has 0 unspecified atom stereocenters. The molecule has 2 aromatic heterocycles. The highest BCUT2D eigenvalue weighted by Gasteiger charge is 2.28. The number of halogens is 2. The fourth-order valence-corrected chi connectivity index (χ4v) is 3.93. The molecule has 1 aliphatic carbocycles. The quantitative estimate of drug-likeness (QED) is 0.467. The van der Waals surface area contributed by atoms with Gasteiger partial charge in [-0.15, -0.1) is 5.10 Å². The van der Waals surface area contributed by atoms with Gasteiger partial charge in [0.2, 0.25) is 0 Å². The standard InChI is InChI=1S/C21H14Cl2N4O/c22-15-6-4-12(5-7-15)20-25-21-24-18-9-14(13-2-1-3-16(23)8-13)10-19(28)17(18)11-27(21)26-20/h1-8,11,14H,9-10H2/t14-/m1/s1. The van der Waals surface area contributed by atoms with E-state index in [4.69, 9.17) is 23.2 Å². The van der Waals surface area contributed by atoms with Crippen LogP contribution in [-0.4, -0.2) is 25.4 Å². The molecular weight excluding hydrogens is 395 g/mol. The van der Waals surface area contributed by atoms with Gasteiger partial charge in [-0.2, -0.15) is 4.98 Å². The first-order chi connectivity index (χ1) is 13.6. The number of hydrogen-bond donors (Lipinski definition) is 0. The van der Waals surface area contributed by atoms with Gasteiger partial charge in [-0.3, -0.25) is 4.79 Å². The van der Waals surface area contributed by atoms with E-state index < -0.39 is 0 Å². The van der Waals surface area contributed by atoms with Crippen LogP contribution < -0.4 is 0 Å². The first-order valence-electron chi connectivity index (χ1n) is 8.88. The van der Waals surface area contributed by atoms with Crippen LogP contribution in [0.2, 0.25) is 10.0 Å². The zero-order chi connectivity index (χ0) is 19.3. The van der Waals surface area contributed by atoms with Crippen molar-refractivity contribution in [3.63, 3.8) is 0 Å². The minimum atomic E-state index is 0.0594. The average Bonchev–Trinajstić information content (AvgIpc) is 3.10. The van der Waals surface area contributed by atoms with E-state index in [1.54, 1.807) is 22.8 Å². The molecule has 0 amide bonds. The summed E-state index contributed by atoms with van der Waals surface area (Å²) < 4.78 is 1.57. The number of aromatic nitrogens is 4. The molecule has 5 nitrogen and oxygen atoms in total. The summed E-state index contributed by atoms with van der Waals surface area (Å²) in [5, 5.41) is 5.80. The molecule has 0 saturated heterocycles. The number of ketones is 1. The highest BCUT2D eigenvalue weighted by molar-refractivity contribution is 6.30. The van der Waals surface area contributed by atoms with Crippen molar-refractivity contribution in [3.8, 4) is 11.4 Å². The van der Waals surface area contributed by atoms with Crippen LogP contribution in [0.3, 0.4) is 0 Å². The van der Waals surface area contributed by atoms with E-state index in [-0.39, 0.29) is 11.7 Å². The maximum Gasteiger partial charge on any atom is 0.252 e. The molecule has 4 aromatic rings. The minimum absolute atomic E-state index is 0.0594. The number of Topliss-reactive ketones (excluding diaryl/α,β-unsaturated/α-hetero) is 1. The van der Waals surface area contributed by atoms with Gasteiger partial charge in [0.1, 0.15) is 0 Å². The molecule has 0 bridgehead atoms. The zero-order valence-electron chi connectivity index (χ0n) is 14.6. The highest BCUT2D eigenvalue weighted by Crippen LogP contribution is 2.33. The van der Waals surface area contributed by atoms with Gasteiger partial charge in [-0.05, 0) is 54.3 Å². The first-order valence-corrected chi connectivity index (χ1v) is 9.63. The van der Waals surface area contributed by atoms with Crippen LogP contribution in [0.25, 0.3) is 17.2 Å². The Morgan fingerprint density at radius 2 is 1.79 bits per heavy atom. The fraction of sp³-hybridized carbons (Fsp3) is 0.143. The molecule has 0 N–H and O–H groups in total. The first kappa shape index (κ1) is 17.3. The van der Waals surface area contributed by atoms with Gasteiger partial charge in [-0.1, -0.05) is 35.3 Å². The minimum Gasteiger partial charge on any atom is -0.294 e. The van der Waals surface area contributed by atoms with Gasteiger partial charge in [0.25, 0.3) is 5.78 Å². The maximum atomic E-state index is 12.8. The van der Waals surface area contributed by atoms with Gasteiger partial charge >= 0.3 is 0 Å².